The highest BCUT2D eigenvalue weighted by atomic mass is 19.4. The monoisotopic (exact) mass is 412 g/mol. The van der Waals surface area contributed by atoms with E-state index in [9.17, 15) is 31.1 Å². The summed E-state index contributed by atoms with van der Waals surface area (Å²) in [5, 5.41) is 0.642. The van der Waals surface area contributed by atoms with Crippen LogP contribution in [0.25, 0.3) is 10.9 Å². The lowest BCUT2D eigenvalue weighted by atomic mass is 9.95. The summed E-state index contributed by atoms with van der Waals surface area (Å²) in [5.74, 6) is -1.09. The van der Waals surface area contributed by atoms with E-state index in [1.165, 1.54) is 0 Å². The third kappa shape index (κ3) is 3.34. The van der Waals surface area contributed by atoms with Crippen LogP contribution in [0.5, 0.6) is 0 Å². The number of para-hydroxylation sites is 1. The van der Waals surface area contributed by atoms with Gasteiger partial charge in [0.15, 0.2) is 6.04 Å². The number of carbonyl (C=O) groups is 1. The lowest BCUT2D eigenvalue weighted by Crippen LogP contribution is -2.46. The van der Waals surface area contributed by atoms with Crippen molar-refractivity contribution in [3.05, 3.63) is 70.9 Å². The smallest absolute Gasteiger partial charge is 0.356 e. The van der Waals surface area contributed by atoms with Crippen molar-refractivity contribution in [3.8, 4) is 0 Å². The van der Waals surface area contributed by atoms with Crippen molar-refractivity contribution in [1.29, 1.82) is 0 Å². The Morgan fingerprint density at radius 1 is 1.00 bits per heavy atom. The summed E-state index contributed by atoms with van der Waals surface area (Å²) in [4.78, 5) is 16.1. The molecular formula is C20H14F6N2O. The average Bonchev–Trinajstić information content (AvgIpc) is 3.03. The minimum atomic E-state index is -4.80. The Kier molecular flexibility index (Phi) is 4.36. The number of alkyl halides is 6. The highest BCUT2D eigenvalue weighted by molar-refractivity contribution is 5.95. The van der Waals surface area contributed by atoms with Gasteiger partial charge in [-0.1, -0.05) is 24.3 Å². The van der Waals surface area contributed by atoms with E-state index in [1.807, 2.05) is 0 Å². The second-order valence-corrected chi connectivity index (χ2v) is 6.83. The topological polar surface area (TPSA) is 36.1 Å². The minimum Gasteiger partial charge on any atom is -0.356 e. The van der Waals surface area contributed by atoms with Crippen LogP contribution in [0.3, 0.4) is 0 Å². The molecule has 0 unspecified atom stereocenters. The highest BCUT2D eigenvalue weighted by Crippen LogP contribution is 2.44. The quantitative estimate of drug-likeness (QED) is 0.528. The van der Waals surface area contributed by atoms with Crippen molar-refractivity contribution in [2.75, 3.05) is 6.54 Å². The molecule has 0 saturated carbocycles. The van der Waals surface area contributed by atoms with Gasteiger partial charge in [-0.2, -0.15) is 26.3 Å². The fraction of sp³-hybridized carbons (Fsp3) is 0.250. The first kappa shape index (κ1) is 19.4. The lowest BCUT2D eigenvalue weighted by molar-refractivity contribution is -0.182. The predicted molar refractivity (Wildman–Crippen MR) is 93.3 cm³/mol. The van der Waals surface area contributed by atoms with Crippen molar-refractivity contribution in [1.82, 2.24) is 9.88 Å². The van der Waals surface area contributed by atoms with E-state index < -0.39 is 35.4 Å². The van der Waals surface area contributed by atoms with E-state index in [4.69, 9.17) is 0 Å². The molecule has 2 aromatic carbocycles. The molecule has 9 heteroatoms. The standard InChI is InChI=1S/C20H14F6N2O/c21-19(22,23)12-5-3-4-11(10-12)18(29)28-9-8-14-13-6-1-2-7-15(13)27-16(14)17(28)20(24,25)26/h1-7,10,17,27H,8-9H2/t17-/m0/s1. The third-order valence-electron chi connectivity index (χ3n) is 5.04. The maximum Gasteiger partial charge on any atom is 0.416 e. The Hall–Kier alpha value is -2.97. The predicted octanol–water partition coefficient (Wildman–Crippen LogP) is 5.49. The number of amides is 1. The van der Waals surface area contributed by atoms with Crippen LogP contribution in [0.1, 0.15) is 33.2 Å². The van der Waals surface area contributed by atoms with Gasteiger partial charge >= 0.3 is 12.4 Å². The number of rotatable bonds is 1. The number of hydrogen-bond acceptors (Lipinski definition) is 1. The summed E-state index contributed by atoms with van der Waals surface area (Å²) >= 11 is 0. The molecule has 3 aromatic rings. The van der Waals surface area contributed by atoms with Gasteiger partial charge in [0.1, 0.15) is 0 Å². The summed E-state index contributed by atoms with van der Waals surface area (Å²) in [6, 6.07) is 7.91. The van der Waals surface area contributed by atoms with E-state index in [2.05, 4.69) is 4.98 Å². The number of fused-ring (bicyclic) bond motifs is 3. The van der Waals surface area contributed by atoms with Crippen molar-refractivity contribution in [2.24, 2.45) is 0 Å². The number of halogens is 6. The van der Waals surface area contributed by atoms with Gasteiger partial charge in [0.05, 0.1) is 11.3 Å². The van der Waals surface area contributed by atoms with Crippen LogP contribution < -0.4 is 0 Å². The van der Waals surface area contributed by atoms with Gasteiger partial charge < -0.3 is 9.88 Å². The van der Waals surface area contributed by atoms with Crippen LogP contribution in [0.2, 0.25) is 0 Å². The molecule has 0 bridgehead atoms. The molecule has 0 aliphatic carbocycles. The highest BCUT2D eigenvalue weighted by Gasteiger charge is 2.50. The number of nitrogens with zero attached hydrogens (tertiary/aromatic N) is 1. The van der Waals surface area contributed by atoms with Gasteiger partial charge in [0, 0.05) is 23.0 Å². The Morgan fingerprint density at radius 3 is 2.41 bits per heavy atom. The maximum atomic E-state index is 13.9. The average molecular weight is 412 g/mol. The Balaban J connectivity index is 1.79. The molecule has 0 saturated heterocycles. The molecule has 0 fully saturated rings. The zero-order valence-electron chi connectivity index (χ0n) is 14.7. The van der Waals surface area contributed by atoms with E-state index >= 15 is 0 Å². The van der Waals surface area contributed by atoms with Crippen LogP contribution in [-0.4, -0.2) is 28.5 Å². The number of hydrogen-bond donors (Lipinski definition) is 1. The van der Waals surface area contributed by atoms with Crippen LogP contribution in [0.15, 0.2) is 48.5 Å². The van der Waals surface area contributed by atoms with Crippen LogP contribution in [-0.2, 0) is 12.6 Å². The van der Waals surface area contributed by atoms with E-state index in [-0.39, 0.29) is 18.7 Å². The molecule has 0 spiro atoms. The Bertz CT molecular complexity index is 1080. The van der Waals surface area contributed by atoms with Crippen molar-refractivity contribution in [3.63, 3.8) is 0 Å². The summed E-state index contributed by atoms with van der Waals surface area (Å²) in [5.41, 5.74) is -0.690. The fourth-order valence-corrected chi connectivity index (χ4v) is 3.79. The van der Waals surface area contributed by atoms with Crippen LogP contribution >= 0.6 is 0 Å². The Labute approximate surface area is 160 Å². The Morgan fingerprint density at radius 2 is 1.72 bits per heavy atom. The van der Waals surface area contributed by atoms with Gasteiger partial charge in [0.25, 0.3) is 5.91 Å². The van der Waals surface area contributed by atoms with Gasteiger partial charge in [-0.05, 0) is 36.2 Å². The second kappa shape index (κ2) is 6.53. The first-order valence-electron chi connectivity index (χ1n) is 8.72. The molecular weight excluding hydrogens is 398 g/mol. The number of carbonyl (C=O) groups excluding carboxylic acids is 1. The number of H-pyrrole nitrogens is 1. The summed E-state index contributed by atoms with van der Waals surface area (Å²) < 4.78 is 80.7. The molecule has 1 aliphatic heterocycles. The first-order valence-corrected chi connectivity index (χ1v) is 8.72. The second-order valence-electron chi connectivity index (χ2n) is 6.83. The van der Waals surface area contributed by atoms with Crippen molar-refractivity contribution >= 4 is 16.8 Å². The normalized spacial score (nSPS) is 17.4. The number of aromatic nitrogens is 1. The van der Waals surface area contributed by atoms with Gasteiger partial charge in [-0.15, -0.1) is 0 Å². The maximum absolute atomic E-state index is 13.9. The molecule has 0 radical (unpaired) electrons. The van der Waals surface area contributed by atoms with Crippen LogP contribution in [0, 0.1) is 0 Å². The number of aromatic amines is 1. The fourth-order valence-electron chi connectivity index (χ4n) is 3.79. The van der Waals surface area contributed by atoms with Gasteiger partial charge in [-0.25, -0.2) is 0 Å². The van der Waals surface area contributed by atoms with E-state index in [0.717, 1.165) is 18.2 Å². The molecule has 4 rings (SSSR count). The number of benzene rings is 2. The van der Waals surface area contributed by atoms with E-state index in [0.29, 0.717) is 27.4 Å². The largest absolute Gasteiger partial charge is 0.416 e. The summed E-state index contributed by atoms with van der Waals surface area (Å²) in [7, 11) is 0. The SMILES string of the molecule is O=C(c1cccc(C(F)(F)F)c1)N1CCc2c([nH]c3ccccc23)[C@H]1C(F)(F)F. The zero-order valence-corrected chi connectivity index (χ0v) is 14.7. The molecule has 29 heavy (non-hydrogen) atoms. The molecule has 1 aromatic heterocycles. The molecule has 1 amide bonds. The van der Waals surface area contributed by atoms with Crippen LogP contribution in [0.4, 0.5) is 26.3 Å². The van der Waals surface area contributed by atoms with Crippen molar-refractivity contribution < 1.29 is 31.1 Å². The summed E-state index contributed by atoms with van der Waals surface area (Å²) in [6.07, 6.45) is -9.34. The molecule has 152 valence electrons. The molecule has 1 N–H and O–H groups in total. The molecule has 2 heterocycles. The van der Waals surface area contributed by atoms with Gasteiger partial charge in [-0.3, -0.25) is 4.79 Å². The third-order valence-corrected chi connectivity index (χ3v) is 5.04. The summed E-state index contributed by atoms with van der Waals surface area (Å²) in [6.45, 7) is -0.256. The molecule has 1 aliphatic rings. The van der Waals surface area contributed by atoms with Gasteiger partial charge in [0.2, 0.25) is 0 Å². The molecule has 3 nitrogen and oxygen atoms in total. The van der Waals surface area contributed by atoms with Crippen molar-refractivity contribution in [2.45, 2.75) is 24.8 Å². The number of nitrogens with one attached hydrogen (secondary N) is 1. The first-order chi connectivity index (χ1) is 13.6. The minimum absolute atomic E-state index is 0.148. The zero-order chi connectivity index (χ0) is 21.0. The lowest BCUT2D eigenvalue weighted by Gasteiger charge is -2.37. The molecule has 1 atom stereocenters. The van der Waals surface area contributed by atoms with E-state index in [1.54, 1.807) is 24.3 Å².